The van der Waals surface area contributed by atoms with E-state index in [0.717, 1.165) is 12.5 Å². The Balaban J connectivity index is 0.000000467. The minimum absolute atomic E-state index is 0. The fourth-order valence-electron chi connectivity index (χ4n) is 2.59. The van der Waals surface area contributed by atoms with Gasteiger partial charge in [-0.15, -0.1) is 0 Å². The maximum absolute atomic E-state index is 12.6. The molecule has 0 spiro atoms. The first-order chi connectivity index (χ1) is 16.3. The second-order valence-electron chi connectivity index (χ2n) is 6.59. The van der Waals surface area contributed by atoms with Gasteiger partial charge >= 0.3 is 0 Å². The number of hydrogen-bond donors (Lipinski definition) is 2. The largest absolute Gasteiger partial charge is 0.497 e. The van der Waals surface area contributed by atoms with E-state index in [9.17, 15) is 8.42 Å². The number of methoxy groups -OCH3 is 1. The maximum atomic E-state index is 12.6. The minimum atomic E-state index is -3.70. The van der Waals surface area contributed by atoms with Crippen molar-refractivity contribution in [3.8, 4) is 17.0 Å². The van der Waals surface area contributed by atoms with Crippen molar-refractivity contribution in [2.24, 2.45) is 0 Å². The zero-order chi connectivity index (χ0) is 24.8. The van der Waals surface area contributed by atoms with Gasteiger partial charge in [-0.25, -0.2) is 8.42 Å². The van der Waals surface area contributed by atoms with Crippen molar-refractivity contribution < 1.29 is 43.5 Å². The molecule has 35 heavy (non-hydrogen) atoms. The second kappa shape index (κ2) is 15.3. The third-order valence-electron chi connectivity index (χ3n) is 4.05. The number of anilines is 1. The van der Waals surface area contributed by atoms with E-state index in [1.807, 2.05) is 48.5 Å². The smallest absolute Gasteiger partial charge is 0.300 e. The summed E-state index contributed by atoms with van der Waals surface area (Å²) >= 11 is 0. The van der Waals surface area contributed by atoms with Crippen molar-refractivity contribution >= 4 is 21.7 Å². The van der Waals surface area contributed by atoms with E-state index in [4.69, 9.17) is 14.6 Å². The average Bonchev–Trinajstić information content (AvgIpc) is 2.86. The Labute approximate surface area is 218 Å². The Morgan fingerprint density at radius 3 is 1.91 bits per heavy atom. The van der Waals surface area contributed by atoms with E-state index in [1.165, 1.54) is 19.2 Å². The van der Waals surface area contributed by atoms with Crippen LogP contribution < -0.4 is 9.46 Å². The molecule has 0 aliphatic rings. The van der Waals surface area contributed by atoms with Crippen LogP contribution >= 0.6 is 0 Å². The van der Waals surface area contributed by atoms with E-state index in [1.54, 1.807) is 42.9 Å². The number of sulfonamides is 1. The molecule has 10 heteroatoms. The summed E-state index contributed by atoms with van der Waals surface area (Å²) in [6, 6.07) is 24.6. The molecule has 4 rings (SSSR count). The van der Waals surface area contributed by atoms with Crippen molar-refractivity contribution in [2.45, 2.75) is 11.8 Å². The molecular weight excluding hydrogens is 561 g/mol. The molecule has 0 aliphatic carbocycles. The van der Waals surface area contributed by atoms with Crippen LogP contribution in [0.4, 0.5) is 5.69 Å². The molecule has 0 saturated heterocycles. The number of nitrogens with one attached hydrogen (secondary N) is 1. The summed E-state index contributed by atoms with van der Waals surface area (Å²) in [6.07, 6.45) is 5.17. The van der Waals surface area contributed by atoms with Crippen molar-refractivity contribution in [1.82, 2.24) is 9.97 Å². The quantitative estimate of drug-likeness (QED) is 0.325. The summed E-state index contributed by atoms with van der Waals surface area (Å²) < 4.78 is 32.9. The summed E-state index contributed by atoms with van der Waals surface area (Å²) in [6.45, 7) is 1.08. The Kier molecular flexibility index (Phi) is 12.9. The van der Waals surface area contributed by atoms with Crippen LogP contribution in [0.2, 0.25) is 0 Å². The van der Waals surface area contributed by atoms with Crippen LogP contribution in [0.15, 0.2) is 108 Å². The standard InChI is InChI=1S/C18H16N2O3S.C5H5N.C2H4O2.Pd/c1-23-14-9-11-15(12-10-14)24(21,22)20-18-8-3-2-6-16(18)17-7-4-5-13-19-17;1-2-4-6-5-3-1;1-2(3)4;/h2-13,20H,1H3;1-5H;1H3,(H,3,4);. The van der Waals surface area contributed by atoms with Gasteiger partial charge in [0.05, 0.1) is 23.4 Å². The Hall–Kier alpha value is -3.58. The maximum Gasteiger partial charge on any atom is 0.300 e. The molecule has 0 unspecified atom stereocenters. The summed E-state index contributed by atoms with van der Waals surface area (Å²) in [5.74, 6) is -0.233. The number of hydrogen-bond acceptors (Lipinski definition) is 6. The van der Waals surface area contributed by atoms with E-state index in [0.29, 0.717) is 17.1 Å². The Morgan fingerprint density at radius 1 is 0.857 bits per heavy atom. The molecular formula is C25H25N3O5PdS. The van der Waals surface area contributed by atoms with Gasteiger partial charge in [-0.3, -0.25) is 19.5 Å². The summed E-state index contributed by atoms with van der Waals surface area (Å²) in [5.41, 5.74) is 1.90. The second-order valence-corrected chi connectivity index (χ2v) is 8.27. The van der Waals surface area contributed by atoms with Gasteiger partial charge < -0.3 is 9.84 Å². The molecule has 0 bridgehead atoms. The average molecular weight is 586 g/mol. The minimum Gasteiger partial charge on any atom is -0.497 e. The van der Waals surface area contributed by atoms with Gasteiger partial charge in [-0.1, -0.05) is 30.3 Å². The van der Waals surface area contributed by atoms with Crippen molar-refractivity contribution in [2.75, 3.05) is 11.8 Å². The molecule has 0 aliphatic heterocycles. The summed E-state index contributed by atoms with van der Waals surface area (Å²) in [5, 5.41) is 7.42. The van der Waals surface area contributed by atoms with E-state index in [-0.39, 0.29) is 25.3 Å². The molecule has 4 aromatic rings. The van der Waals surface area contributed by atoms with Gasteiger partial charge in [-0.05, 0) is 54.6 Å². The monoisotopic (exact) mass is 585 g/mol. The molecule has 2 aromatic carbocycles. The molecule has 2 aromatic heterocycles. The first-order valence-electron chi connectivity index (χ1n) is 10.1. The van der Waals surface area contributed by atoms with Crippen molar-refractivity contribution in [1.29, 1.82) is 0 Å². The van der Waals surface area contributed by atoms with Crippen LogP contribution in [-0.4, -0.2) is 36.6 Å². The SMILES string of the molecule is CC(=O)O.COc1ccc(S(=O)(=O)Nc2ccccc2-c2ccccn2)cc1.[Pd].c1ccncc1. The molecule has 186 valence electrons. The van der Waals surface area contributed by atoms with Crippen LogP contribution in [0.3, 0.4) is 0 Å². The number of nitrogens with zero attached hydrogens (tertiary/aromatic N) is 2. The van der Waals surface area contributed by atoms with Crippen LogP contribution in [0, 0.1) is 0 Å². The predicted molar refractivity (Wildman–Crippen MR) is 131 cm³/mol. The van der Waals surface area contributed by atoms with Gasteiger partial charge in [-0.2, -0.15) is 0 Å². The van der Waals surface area contributed by atoms with Crippen LogP contribution in [0.5, 0.6) is 5.75 Å². The number of carboxylic acids is 1. The fourth-order valence-corrected chi connectivity index (χ4v) is 3.67. The number of ether oxygens (including phenoxy) is 1. The van der Waals surface area contributed by atoms with Gasteiger partial charge in [0.15, 0.2) is 0 Å². The van der Waals surface area contributed by atoms with E-state index in [2.05, 4.69) is 14.7 Å². The molecule has 0 radical (unpaired) electrons. The summed E-state index contributed by atoms with van der Waals surface area (Å²) in [7, 11) is -2.17. The summed E-state index contributed by atoms with van der Waals surface area (Å²) in [4.78, 5) is 17.2. The Bertz CT molecular complexity index is 1230. The number of benzene rings is 2. The number of aromatic nitrogens is 2. The molecule has 0 atom stereocenters. The van der Waals surface area contributed by atoms with Crippen LogP contribution in [-0.2, 0) is 35.2 Å². The number of aliphatic carboxylic acids is 1. The normalized spacial score (nSPS) is 9.66. The molecule has 0 saturated carbocycles. The fraction of sp³-hybridized carbons (Fsp3) is 0.0800. The molecule has 2 heterocycles. The molecule has 2 N–H and O–H groups in total. The van der Waals surface area contributed by atoms with E-state index < -0.39 is 16.0 Å². The Morgan fingerprint density at radius 2 is 1.43 bits per heavy atom. The molecule has 8 nitrogen and oxygen atoms in total. The topological polar surface area (TPSA) is 118 Å². The van der Waals surface area contributed by atoms with Gasteiger partial charge in [0.1, 0.15) is 5.75 Å². The number of pyridine rings is 2. The first kappa shape index (κ1) is 29.5. The van der Waals surface area contributed by atoms with Gasteiger partial charge in [0, 0.05) is 51.5 Å². The number of carboxylic acid groups (broad SMARTS) is 1. The van der Waals surface area contributed by atoms with Gasteiger partial charge in [0.2, 0.25) is 0 Å². The third-order valence-corrected chi connectivity index (χ3v) is 5.43. The third kappa shape index (κ3) is 10.5. The van der Waals surface area contributed by atoms with Crippen LogP contribution in [0.25, 0.3) is 11.3 Å². The number of para-hydroxylation sites is 1. The van der Waals surface area contributed by atoms with Gasteiger partial charge in [0.25, 0.3) is 16.0 Å². The van der Waals surface area contributed by atoms with Crippen molar-refractivity contribution in [3.05, 3.63) is 104 Å². The zero-order valence-corrected chi connectivity index (χ0v) is 21.4. The number of rotatable bonds is 5. The first-order valence-corrected chi connectivity index (χ1v) is 11.5. The molecule has 0 fully saturated rings. The zero-order valence-electron chi connectivity index (χ0n) is 19.0. The van der Waals surface area contributed by atoms with E-state index >= 15 is 0 Å². The number of carbonyl (C=O) groups is 1. The van der Waals surface area contributed by atoms with Crippen molar-refractivity contribution in [3.63, 3.8) is 0 Å². The van der Waals surface area contributed by atoms with Crippen LogP contribution in [0.1, 0.15) is 6.92 Å². The molecule has 0 amide bonds. The predicted octanol–water partition coefficient (Wildman–Crippen LogP) is 4.73.